The van der Waals surface area contributed by atoms with Crippen molar-refractivity contribution in [2.75, 3.05) is 11.9 Å². The van der Waals surface area contributed by atoms with E-state index in [1.165, 1.54) is 38.3 Å². The minimum absolute atomic E-state index is 0.165. The minimum atomic E-state index is -0.980. The highest BCUT2D eigenvalue weighted by atomic mass is 16.4. The van der Waals surface area contributed by atoms with Crippen LogP contribution in [0.2, 0.25) is 0 Å². The highest BCUT2D eigenvalue weighted by Crippen LogP contribution is 2.26. The van der Waals surface area contributed by atoms with E-state index in [2.05, 4.69) is 15.3 Å². The van der Waals surface area contributed by atoms with E-state index < -0.39 is 5.97 Å². The van der Waals surface area contributed by atoms with Crippen molar-refractivity contribution in [3.05, 3.63) is 17.5 Å². The fourth-order valence-electron chi connectivity index (χ4n) is 2.63. The number of carboxylic acids is 1. The second-order valence-corrected chi connectivity index (χ2v) is 5.22. The predicted molar refractivity (Wildman–Crippen MR) is 73.4 cm³/mol. The number of hydrogen-bond donors (Lipinski definition) is 2. The molecule has 1 aliphatic carbocycles. The molecule has 19 heavy (non-hydrogen) atoms. The Labute approximate surface area is 113 Å². The second-order valence-electron chi connectivity index (χ2n) is 5.22. The Hall–Kier alpha value is -1.65. The Bertz CT molecular complexity index is 442. The van der Waals surface area contributed by atoms with Gasteiger partial charge in [0.25, 0.3) is 0 Å². The van der Waals surface area contributed by atoms with E-state index in [9.17, 15) is 4.79 Å². The Morgan fingerprint density at radius 3 is 2.79 bits per heavy atom. The van der Waals surface area contributed by atoms with Gasteiger partial charge in [0.15, 0.2) is 0 Å². The van der Waals surface area contributed by atoms with Gasteiger partial charge in [-0.1, -0.05) is 32.1 Å². The van der Waals surface area contributed by atoms with Crippen LogP contribution in [0.5, 0.6) is 0 Å². The van der Waals surface area contributed by atoms with Crippen molar-refractivity contribution in [3.8, 4) is 0 Å². The third kappa shape index (κ3) is 3.91. The average Bonchev–Trinajstić information content (AvgIpc) is 2.39. The van der Waals surface area contributed by atoms with Crippen LogP contribution in [0.1, 0.15) is 54.6 Å². The monoisotopic (exact) mass is 263 g/mol. The molecular formula is C14H21N3O2. The molecule has 1 aliphatic rings. The number of hydrogen-bond acceptors (Lipinski definition) is 4. The van der Waals surface area contributed by atoms with Crippen molar-refractivity contribution >= 4 is 11.9 Å². The van der Waals surface area contributed by atoms with Crippen LogP contribution in [0, 0.1) is 12.8 Å². The van der Waals surface area contributed by atoms with E-state index in [0.29, 0.717) is 11.6 Å². The highest BCUT2D eigenvalue weighted by Gasteiger charge is 2.13. The van der Waals surface area contributed by atoms with Crippen LogP contribution < -0.4 is 5.32 Å². The summed E-state index contributed by atoms with van der Waals surface area (Å²) < 4.78 is 0. The summed E-state index contributed by atoms with van der Waals surface area (Å²) in [5.41, 5.74) is 0.667. The highest BCUT2D eigenvalue weighted by molar-refractivity contribution is 5.88. The number of carboxylic acid groups (broad SMARTS) is 1. The number of rotatable bonds is 5. The number of aromatic carboxylic acids is 1. The lowest BCUT2D eigenvalue weighted by Crippen LogP contribution is -2.14. The maximum Gasteiger partial charge on any atom is 0.339 e. The lowest BCUT2D eigenvalue weighted by molar-refractivity contribution is 0.0695. The zero-order chi connectivity index (χ0) is 13.7. The number of anilines is 1. The summed E-state index contributed by atoms with van der Waals surface area (Å²) in [6, 6.07) is 0. The molecule has 5 heteroatoms. The first-order valence-electron chi connectivity index (χ1n) is 6.97. The predicted octanol–water partition coefficient (Wildman–Crippen LogP) is 2.87. The molecule has 1 heterocycles. The van der Waals surface area contributed by atoms with Gasteiger partial charge in [-0.2, -0.15) is 0 Å². The molecule has 0 unspecified atom stereocenters. The quantitative estimate of drug-likeness (QED) is 0.854. The van der Waals surface area contributed by atoms with Crippen LogP contribution in [-0.2, 0) is 0 Å². The van der Waals surface area contributed by atoms with Gasteiger partial charge in [0.2, 0.25) is 5.95 Å². The summed E-state index contributed by atoms with van der Waals surface area (Å²) in [6.07, 6.45) is 9.26. The van der Waals surface area contributed by atoms with E-state index in [1.807, 2.05) is 0 Å². The zero-order valence-corrected chi connectivity index (χ0v) is 11.4. The Morgan fingerprint density at radius 2 is 2.16 bits per heavy atom. The van der Waals surface area contributed by atoms with Gasteiger partial charge in [0.1, 0.15) is 0 Å². The van der Waals surface area contributed by atoms with Gasteiger partial charge in [-0.05, 0) is 19.3 Å². The van der Waals surface area contributed by atoms with Gasteiger partial charge < -0.3 is 10.4 Å². The molecule has 1 saturated carbocycles. The summed E-state index contributed by atoms with van der Waals surface area (Å²) in [6.45, 7) is 2.55. The summed E-state index contributed by atoms with van der Waals surface area (Å²) >= 11 is 0. The summed E-state index contributed by atoms with van der Waals surface area (Å²) in [4.78, 5) is 19.1. The molecule has 0 atom stereocenters. The maximum absolute atomic E-state index is 10.9. The molecule has 0 radical (unpaired) electrons. The van der Waals surface area contributed by atoms with Crippen LogP contribution in [-0.4, -0.2) is 27.6 Å². The Kier molecular flexibility index (Phi) is 4.71. The number of aromatic nitrogens is 2. The van der Waals surface area contributed by atoms with Crippen molar-refractivity contribution in [2.24, 2.45) is 5.92 Å². The third-order valence-corrected chi connectivity index (χ3v) is 3.77. The largest absolute Gasteiger partial charge is 0.478 e. The molecule has 1 aromatic heterocycles. The van der Waals surface area contributed by atoms with E-state index >= 15 is 0 Å². The first-order valence-corrected chi connectivity index (χ1v) is 6.97. The van der Waals surface area contributed by atoms with E-state index in [0.717, 1.165) is 18.9 Å². The second kappa shape index (κ2) is 6.50. The fraction of sp³-hybridized carbons (Fsp3) is 0.643. The van der Waals surface area contributed by atoms with Crippen molar-refractivity contribution in [2.45, 2.75) is 45.4 Å². The third-order valence-electron chi connectivity index (χ3n) is 3.77. The van der Waals surface area contributed by atoms with Crippen LogP contribution in [0.25, 0.3) is 0 Å². The molecule has 0 bridgehead atoms. The van der Waals surface area contributed by atoms with Gasteiger partial charge in [0.05, 0.1) is 11.3 Å². The van der Waals surface area contributed by atoms with Gasteiger partial charge in [0, 0.05) is 12.7 Å². The van der Waals surface area contributed by atoms with Crippen molar-refractivity contribution in [1.29, 1.82) is 0 Å². The number of aryl methyl sites for hydroxylation is 1. The molecule has 0 spiro atoms. The topological polar surface area (TPSA) is 75.1 Å². The van der Waals surface area contributed by atoms with E-state index in [1.54, 1.807) is 6.92 Å². The van der Waals surface area contributed by atoms with E-state index in [-0.39, 0.29) is 5.56 Å². The van der Waals surface area contributed by atoms with Crippen LogP contribution >= 0.6 is 0 Å². The molecule has 2 rings (SSSR count). The first kappa shape index (κ1) is 13.8. The van der Waals surface area contributed by atoms with Gasteiger partial charge in [-0.3, -0.25) is 0 Å². The maximum atomic E-state index is 10.9. The Morgan fingerprint density at radius 1 is 1.42 bits per heavy atom. The SMILES string of the molecule is Cc1nc(NCCC2CCCCC2)ncc1C(=O)O. The molecule has 1 aromatic rings. The smallest absolute Gasteiger partial charge is 0.339 e. The van der Waals surface area contributed by atoms with Gasteiger partial charge >= 0.3 is 5.97 Å². The number of carbonyl (C=O) groups is 1. The average molecular weight is 263 g/mol. The molecule has 1 fully saturated rings. The summed E-state index contributed by atoms with van der Waals surface area (Å²) in [7, 11) is 0. The van der Waals surface area contributed by atoms with Gasteiger partial charge in [-0.25, -0.2) is 14.8 Å². The standard InChI is InChI=1S/C14H21N3O2/c1-10-12(13(18)19)9-16-14(17-10)15-8-7-11-5-3-2-4-6-11/h9,11H,2-8H2,1H3,(H,18,19)(H,15,16,17). The number of nitrogens with one attached hydrogen (secondary N) is 1. The molecule has 104 valence electrons. The molecule has 2 N–H and O–H groups in total. The van der Waals surface area contributed by atoms with Crippen LogP contribution in [0.3, 0.4) is 0 Å². The lowest BCUT2D eigenvalue weighted by Gasteiger charge is -2.21. The molecule has 0 amide bonds. The normalized spacial score (nSPS) is 16.3. The molecule has 0 aromatic carbocycles. The lowest BCUT2D eigenvalue weighted by atomic mass is 9.87. The zero-order valence-electron chi connectivity index (χ0n) is 11.4. The summed E-state index contributed by atoms with van der Waals surface area (Å²) in [5, 5.41) is 12.1. The summed E-state index contributed by atoms with van der Waals surface area (Å²) in [5.74, 6) is 0.366. The molecule has 0 saturated heterocycles. The van der Waals surface area contributed by atoms with Crippen molar-refractivity contribution in [3.63, 3.8) is 0 Å². The Balaban J connectivity index is 1.82. The first-order chi connectivity index (χ1) is 9.16. The fourth-order valence-corrected chi connectivity index (χ4v) is 2.63. The molecular weight excluding hydrogens is 242 g/mol. The van der Waals surface area contributed by atoms with Crippen molar-refractivity contribution < 1.29 is 9.90 Å². The van der Waals surface area contributed by atoms with Gasteiger partial charge in [-0.15, -0.1) is 0 Å². The minimum Gasteiger partial charge on any atom is -0.478 e. The molecule has 5 nitrogen and oxygen atoms in total. The molecule has 0 aliphatic heterocycles. The van der Waals surface area contributed by atoms with E-state index in [4.69, 9.17) is 5.11 Å². The van der Waals surface area contributed by atoms with Crippen LogP contribution in [0.15, 0.2) is 6.20 Å². The van der Waals surface area contributed by atoms with Crippen LogP contribution in [0.4, 0.5) is 5.95 Å². The van der Waals surface area contributed by atoms with Crippen molar-refractivity contribution in [1.82, 2.24) is 9.97 Å². The number of nitrogens with zero attached hydrogens (tertiary/aromatic N) is 2.